The van der Waals surface area contributed by atoms with Crippen molar-refractivity contribution in [3.8, 4) is 0 Å². The molecule has 16 heavy (non-hydrogen) atoms. The number of nitrogens with one attached hydrogen (secondary N) is 1. The fourth-order valence-electron chi connectivity index (χ4n) is 2.19. The van der Waals surface area contributed by atoms with Gasteiger partial charge < -0.3 is 5.32 Å². The Kier molecular flexibility index (Phi) is 3.29. The Morgan fingerprint density at radius 1 is 1.44 bits per heavy atom. The van der Waals surface area contributed by atoms with Gasteiger partial charge in [-0.3, -0.25) is 4.98 Å². The molecule has 2 rings (SSSR count). The van der Waals surface area contributed by atoms with Crippen molar-refractivity contribution in [3.05, 3.63) is 29.6 Å². The molecule has 2 nitrogen and oxygen atoms in total. The molecule has 0 bridgehead atoms. The summed E-state index contributed by atoms with van der Waals surface area (Å²) in [5.41, 5.74) is 2.91. The number of rotatable bonds is 5. The zero-order valence-corrected chi connectivity index (χ0v) is 10.6. The highest BCUT2D eigenvalue weighted by atomic mass is 14.9. The highest BCUT2D eigenvalue weighted by Crippen LogP contribution is 2.54. The zero-order valence-electron chi connectivity index (χ0n) is 10.6. The van der Waals surface area contributed by atoms with E-state index >= 15 is 0 Å². The Morgan fingerprint density at radius 3 is 2.69 bits per heavy atom. The van der Waals surface area contributed by atoms with Gasteiger partial charge in [-0.05, 0) is 49.8 Å². The Bertz CT molecular complexity index is 338. The lowest BCUT2D eigenvalue weighted by Crippen LogP contribution is -2.28. The van der Waals surface area contributed by atoms with E-state index in [0.717, 1.165) is 12.2 Å². The monoisotopic (exact) mass is 218 g/mol. The molecule has 0 aromatic carbocycles. The highest BCUT2D eigenvalue weighted by molar-refractivity contribution is 5.22. The topological polar surface area (TPSA) is 24.9 Å². The molecule has 1 N–H and O–H groups in total. The van der Waals surface area contributed by atoms with Crippen LogP contribution in [0.3, 0.4) is 0 Å². The summed E-state index contributed by atoms with van der Waals surface area (Å²) in [6.07, 6.45) is 5.89. The van der Waals surface area contributed by atoms with Crippen LogP contribution in [0, 0.1) is 12.3 Å². The summed E-state index contributed by atoms with van der Waals surface area (Å²) in [7, 11) is 0. The van der Waals surface area contributed by atoms with Crippen LogP contribution in [0.4, 0.5) is 0 Å². The van der Waals surface area contributed by atoms with Crippen molar-refractivity contribution in [2.75, 3.05) is 6.54 Å². The number of hydrogen-bond acceptors (Lipinski definition) is 2. The molecule has 1 aliphatic rings. The molecule has 88 valence electrons. The molecular weight excluding hydrogens is 196 g/mol. The molecule has 0 amide bonds. The summed E-state index contributed by atoms with van der Waals surface area (Å²) in [4.78, 5) is 4.41. The third-order valence-corrected chi connectivity index (χ3v) is 3.60. The van der Waals surface area contributed by atoms with Gasteiger partial charge in [0.2, 0.25) is 0 Å². The molecule has 1 unspecified atom stereocenters. The molecule has 1 atom stereocenters. The van der Waals surface area contributed by atoms with Crippen molar-refractivity contribution in [2.45, 2.75) is 46.1 Å². The van der Waals surface area contributed by atoms with Crippen LogP contribution < -0.4 is 5.32 Å². The number of hydrogen-bond donors (Lipinski definition) is 1. The van der Waals surface area contributed by atoms with Crippen molar-refractivity contribution in [1.82, 2.24) is 10.3 Å². The van der Waals surface area contributed by atoms with Crippen LogP contribution >= 0.6 is 0 Å². The molecule has 1 aromatic heterocycles. The van der Waals surface area contributed by atoms with Crippen LogP contribution in [0.25, 0.3) is 0 Å². The van der Waals surface area contributed by atoms with Gasteiger partial charge in [0.15, 0.2) is 0 Å². The Balaban J connectivity index is 2.14. The van der Waals surface area contributed by atoms with Crippen molar-refractivity contribution < 1.29 is 0 Å². The predicted molar refractivity (Wildman–Crippen MR) is 67.3 cm³/mol. The van der Waals surface area contributed by atoms with Gasteiger partial charge in [0.1, 0.15) is 0 Å². The fourth-order valence-corrected chi connectivity index (χ4v) is 2.19. The van der Waals surface area contributed by atoms with Gasteiger partial charge in [-0.1, -0.05) is 19.9 Å². The molecule has 0 saturated heterocycles. The summed E-state index contributed by atoms with van der Waals surface area (Å²) in [6.45, 7) is 7.72. The lowest BCUT2D eigenvalue weighted by molar-refractivity contribution is 0.366. The summed E-state index contributed by atoms with van der Waals surface area (Å²) in [5, 5.41) is 3.67. The van der Waals surface area contributed by atoms with Crippen LogP contribution in [0.2, 0.25) is 0 Å². The van der Waals surface area contributed by atoms with Crippen molar-refractivity contribution in [3.63, 3.8) is 0 Å². The lowest BCUT2D eigenvalue weighted by Gasteiger charge is -2.25. The number of pyridine rings is 1. The molecular formula is C14H22N2. The minimum atomic E-state index is 0.464. The van der Waals surface area contributed by atoms with E-state index in [0.29, 0.717) is 11.5 Å². The third-order valence-electron chi connectivity index (χ3n) is 3.60. The van der Waals surface area contributed by atoms with Crippen molar-refractivity contribution in [1.29, 1.82) is 0 Å². The normalized spacial score (nSPS) is 19.4. The maximum Gasteiger partial charge on any atom is 0.0389 e. The van der Waals surface area contributed by atoms with Crippen LogP contribution in [0.15, 0.2) is 18.3 Å². The Morgan fingerprint density at radius 2 is 2.19 bits per heavy atom. The first-order valence-electron chi connectivity index (χ1n) is 6.31. The Hall–Kier alpha value is -0.890. The quantitative estimate of drug-likeness (QED) is 0.820. The average molecular weight is 218 g/mol. The van der Waals surface area contributed by atoms with E-state index in [9.17, 15) is 0 Å². The molecule has 0 spiro atoms. The molecule has 2 heteroatoms. The van der Waals surface area contributed by atoms with Gasteiger partial charge >= 0.3 is 0 Å². The maximum absolute atomic E-state index is 4.41. The molecule has 1 fully saturated rings. The van der Waals surface area contributed by atoms with E-state index in [-0.39, 0.29) is 0 Å². The highest BCUT2D eigenvalue weighted by Gasteiger charge is 2.45. The minimum Gasteiger partial charge on any atom is -0.309 e. The molecule has 1 saturated carbocycles. The Labute approximate surface area is 98.5 Å². The van der Waals surface area contributed by atoms with Crippen molar-refractivity contribution >= 4 is 0 Å². The predicted octanol–water partition coefficient (Wildman–Crippen LogP) is 3.23. The van der Waals surface area contributed by atoms with E-state index in [1.165, 1.54) is 24.8 Å². The van der Waals surface area contributed by atoms with E-state index in [4.69, 9.17) is 0 Å². The molecule has 0 aliphatic heterocycles. The summed E-state index contributed by atoms with van der Waals surface area (Å²) < 4.78 is 0. The van der Waals surface area contributed by atoms with E-state index in [1.54, 1.807) is 0 Å². The van der Waals surface area contributed by atoms with Crippen LogP contribution in [0.1, 0.15) is 50.4 Å². The summed E-state index contributed by atoms with van der Waals surface area (Å²) in [5.74, 6) is 0. The van der Waals surface area contributed by atoms with E-state index in [2.05, 4.69) is 36.3 Å². The summed E-state index contributed by atoms with van der Waals surface area (Å²) in [6, 6.07) is 4.82. The summed E-state index contributed by atoms with van der Waals surface area (Å²) >= 11 is 0. The van der Waals surface area contributed by atoms with Gasteiger partial charge in [0.25, 0.3) is 0 Å². The number of aromatic nitrogens is 1. The second-order valence-electron chi connectivity index (χ2n) is 5.27. The van der Waals surface area contributed by atoms with E-state index in [1.807, 2.05) is 13.1 Å². The second kappa shape index (κ2) is 4.54. The first kappa shape index (κ1) is 11.6. The molecule has 1 heterocycles. The third kappa shape index (κ3) is 2.43. The number of nitrogens with zero attached hydrogens (tertiary/aromatic N) is 1. The standard InChI is InChI=1S/C14H22N2/c1-4-9-15-13(14(3)7-8-14)12-6-5-11(2)16-10-12/h5-6,10,13,15H,4,7-9H2,1-3H3. The first-order valence-corrected chi connectivity index (χ1v) is 6.31. The average Bonchev–Trinajstić information content (AvgIpc) is 3.00. The zero-order chi connectivity index (χ0) is 11.6. The smallest absolute Gasteiger partial charge is 0.0389 e. The van der Waals surface area contributed by atoms with E-state index < -0.39 is 0 Å². The van der Waals surface area contributed by atoms with Gasteiger partial charge in [-0.2, -0.15) is 0 Å². The lowest BCUT2D eigenvalue weighted by atomic mass is 9.92. The molecule has 1 aliphatic carbocycles. The van der Waals surface area contributed by atoms with Gasteiger partial charge in [0, 0.05) is 17.9 Å². The van der Waals surface area contributed by atoms with Crippen molar-refractivity contribution in [2.24, 2.45) is 5.41 Å². The van der Waals surface area contributed by atoms with Crippen LogP contribution in [0.5, 0.6) is 0 Å². The van der Waals surface area contributed by atoms with Gasteiger partial charge in [-0.25, -0.2) is 0 Å². The van der Waals surface area contributed by atoms with Gasteiger partial charge in [-0.15, -0.1) is 0 Å². The van der Waals surface area contributed by atoms with Gasteiger partial charge in [0.05, 0.1) is 0 Å². The minimum absolute atomic E-state index is 0.464. The SMILES string of the molecule is CCCNC(c1ccc(C)nc1)C1(C)CC1. The first-order chi connectivity index (χ1) is 7.65. The van der Waals surface area contributed by atoms with Crippen LogP contribution in [-0.4, -0.2) is 11.5 Å². The number of aryl methyl sites for hydroxylation is 1. The van der Waals surface area contributed by atoms with Crippen LogP contribution in [-0.2, 0) is 0 Å². The maximum atomic E-state index is 4.41. The molecule has 1 aromatic rings. The molecule has 0 radical (unpaired) electrons. The largest absolute Gasteiger partial charge is 0.309 e. The fraction of sp³-hybridized carbons (Fsp3) is 0.643. The second-order valence-corrected chi connectivity index (χ2v) is 5.27.